The van der Waals surface area contributed by atoms with Crippen molar-refractivity contribution in [3.8, 4) is 0 Å². The number of likely N-dealkylation sites (tertiary alicyclic amines) is 2. The summed E-state index contributed by atoms with van der Waals surface area (Å²) in [5, 5.41) is 6.60. The van der Waals surface area contributed by atoms with E-state index >= 15 is 0 Å². The predicted molar refractivity (Wildman–Crippen MR) is 126 cm³/mol. The van der Waals surface area contributed by atoms with Gasteiger partial charge in [-0.3, -0.25) is 4.79 Å². The molecule has 0 aromatic heterocycles. The molecule has 5 nitrogen and oxygen atoms in total. The zero-order chi connectivity index (χ0) is 21.8. The molecule has 4 rings (SSSR count). The van der Waals surface area contributed by atoms with E-state index in [1.165, 1.54) is 51.7 Å². The van der Waals surface area contributed by atoms with Crippen molar-refractivity contribution in [2.75, 3.05) is 39.3 Å². The van der Waals surface area contributed by atoms with Gasteiger partial charge in [-0.15, -0.1) is 0 Å². The Balaban J connectivity index is 0.000000172. The van der Waals surface area contributed by atoms with Crippen LogP contribution in [-0.4, -0.2) is 73.1 Å². The van der Waals surface area contributed by atoms with Crippen molar-refractivity contribution in [3.63, 3.8) is 0 Å². The molecule has 2 N–H and O–H groups in total. The molecule has 1 unspecified atom stereocenters. The number of carbonyl (C=O) groups is 1. The first kappa shape index (κ1) is 24.0. The molecule has 4 fully saturated rings. The average Bonchev–Trinajstić information content (AvgIpc) is 3.28. The van der Waals surface area contributed by atoms with Crippen molar-refractivity contribution < 1.29 is 4.79 Å². The number of amides is 1. The summed E-state index contributed by atoms with van der Waals surface area (Å²) in [4.78, 5) is 16.9. The van der Waals surface area contributed by atoms with Crippen molar-refractivity contribution >= 4 is 5.91 Å². The lowest BCUT2D eigenvalue weighted by molar-refractivity contribution is -0.130. The van der Waals surface area contributed by atoms with Crippen molar-refractivity contribution in [1.82, 2.24) is 20.4 Å². The van der Waals surface area contributed by atoms with Crippen LogP contribution in [0.5, 0.6) is 0 Å². The highest BCUT2D eigenvalue weighted by Crippen LogP contribution is 2.40. The van der Waals surface area contributed by atoms with Crippen LogP contribution < -0.4 is 10.6 Å². The van der Waals surface area contributed by atoms with Gasteiger partial charge in [0, 0.05) is 31.2 Å². The predicted octanol–water partition coefficient (Wildman–Crippen LogP) is 3.64. The Hall–Kier alpha value is -0.650. The van der Waals surface area contributed by atoms with E-state index < -0.39 is 0 Å². The fourth-order valence-corrected chi connectivity index (χ4v) is 6.40. The molecular weight excluding hydrogens is 372 g/mol. The first-order valence-corrected chi connectivity index (χ1v) is 12.8. The fourth-order valence-electron chi connectivity index (χ4n) is 6.40. The standard InChI is InChI=1S/C14H28N2.C11H20N2O/c1-4-13(5-2)16-8-6-14(7-9-16)10-12(3)15-11-14;1-9(2)13-7-4-11(5-8-13)3-6-12-10(11)14/h12-13,15H,4-11H2,1-3H3;9H,3-8H2,1-2H3,(H,12,14). The summed E-state index contributed by atoms with van der Waals surface area (Å²) in [6.07, 6.45) is 10.0. The van der Waals surface area contributed by atoms with Crippen LogP contribution in [0.15, 0.2) is 0 Å². The highest BCUT2D eigenvalue weighted by molar-refractivity contribution is 5.84. The van der Waals surface area contributed by atoms with Crippen LogP contribution in [0.4, 0.5) is 0 Å². The smallest absolute Gasteiger partial charge is 0.226 e. The summed E-state index contributed by atoms with van der Waals surface area (Å²) in [5.41, 5.74) is 0.660. The molecule has 4 aliphatic heterocycles. The van der Waals surface area contributed by atoms with Gasteiger partial charge in [0.15, 0.2) is 0 Å². The van der Waals surface area contributed by atoms with Gasteiger partial charge in [0.1, 0.15) is 0 Å². The summed E-state index contributed by atoms with van der Waals surface area (Å²) in [6.45, 7) is 18.5. The van der Waals surface area contributed by atoms with Crippen molar-refractivity contribution in [3.05, 3.63) is 0 Å². The van der Waals surface area contributed by atoms with Gasteiger partial charge in [-0.1, -0.05) is 13.8 Å². The van der Waals surface area contributed by atoms with Crippen molar-refractivity contribution in [2.45, 2.75) is 104 Å². The summed E-state index contributed by atoms with van der Waals surface area (Å²) in [6, 6.07) is 2.21. The van der Waals surface area contributed by atoms with E-state index in [1.807, 2.05) is 0 Å². The van der Waals surface area contributed by atoms with E-state index in [-0.39, 0.29) is 5.41 Å². The topological polar surface area (TPSA) is 47.6 Å². The van der Waals surface area contributed by atoms with Crippen LogP contribution in [0.3, 0.4) is 0 Å². The number of hydrogen-bond acceptors (Lipinski definition) is 4. The molecule has 0 aromatic rings. The van der Waals surface area contributed by atoms with Gasteiger partial charge in [-0.25, -0.2) is 0 Å². The van der Waals surface area contributed by atoms with Gasteiger partial charge in [0.2, 0.25) is 5.91 Å². The lowest BCUT2D eigenvalue weighted by Crippen LogP contribution is -2.46. The Morgan fingerprint density at radius 2 is 1.57 bits per heavy atom. The quantitative estimate of drug-likeness (QED) is 0.729. The molecule has 0 radical (unpaired) electrons. The second-order valence-electron chi connectivity index (χ2n) is 10.9. The number of nitrogens with zero attached hydrogens (tertiary/aromatic N) is 2. The van der Waals surface area contributed by atoms with Gasteiger partial charge in [0.25, 0.3) is 0 Å². The molecule has 1 amide bonds. The number of piperidine rings is 2. The van der Waals surface area contributed by atoms with Crippen LogP contribution >= 0.6 is 0 Å². The van der Waals surface area contributed by atoms with Crippen molar-refractivity contribution in [1.29, 1.82) is 0 Å². The molecule has 174 valence electrons. The lowest BCUT2D eigenvalue weighted by Gasteiger charge is -2.42. The van der Waals surface area contributed by atoms with E-state index in [0.717, 1.165) is 51.0 Å². The highest BCUT2D eigenvalue weighted by atomic mass is 16.2. The minimum absolute atomic E-state index is 0.00535. The molecule has 5 heteroatoms. The lowest BCUT2D eigenvalue weighted by atomic mass is 9.76. The monoisotopic (exact) mass is 420 g/mol. The van der Waals surface area contributed by atoms with Crippen LogP contribution in [-0.2, 0) is 4.79 Å². The molecule has 0 aromatic carbocycles. The molecule has 2 spiro atoms. The number of nitrogens with one attached hydrogen (secondary N) is 2. The first-order valence-electron chi connectivity index (χ1n) is 12.8. The SMILES string of the molecule is CC(C)N1CCC2(CCNC2=O)CC1.CCC(CC)N1CCC2(CC1)CNC(C)C2. The highest BCUT2D eigenvalue weighted by Gasteiger charge is 2.44. The van der Waals surface area contributed by atoms with E-state index in [9.17, 15) is 4.79 Å². The normalized spacial score (nSPS) is 28.9. The minimum atomic E-state index is 0.00535. The number of carbonyl (C=O) groups excluding carboxylic acids is 1. The first-order chi connectivity index (χ1) is 14.3. The minimum Gasteiger partial charge on any atom is -0.356 e. The Morgan fingerprint density at radius 1 is 0.967 bits per heavy atom. The second kappa shape index (κ2) is 10.3. The molecule has 30 heavy (non-hydrogen) atoms. The van der Waals surface area contributed by atoms with Crippen LogP contribution in [0, 0.1) is 10.8 Å². The van der Waals surface area contributed by atoms with Crippen molar-refractivity contribution in [2.24, 2.45) is 10.8 Å². The maximum atomic E-state index is 11.7. The van der Waals surface area contributed by atoms with Crippen LogP contribution in [0.1, 0.15) is 86.0 Å². The molecule has 4 aliphatic rings. The van der Waals surface area contributed by atoms with E-state index in [2.05, 4.69) is 55.1 Å². The zero-order valence-electron chi connectivity index (χ0n) is 20.4. The second-order valence-corrected chi connectivity index (χ2v) is 10.9. The number of hydrogen-bond donors (Lipinski definition) is 2. The third-order valence-electron chi connectivity index (χ3n) is 8.74. The Kier molecular flexibility index (Phi) is 8.25. The maximum absolute atomic E-state index is 11.7. The van der Waals surface area contributed by atoms with E-state index in [1.54, 1.807) is 0 Å². The van der Waals surface area contributed by atoms with Crippen LogP contribution in [0.2, 0.25) is 0 Å². The Bertz CT molecular complexity index is 543. The molecule has 4 heterocycles. The average molecular weight is 421 g/mol. The molecule has 4 saturated heterocycles. The van der Waals surface area contributed by atoms with Gasteiger partial charge < -0.3 is 20.4 Å². The molecule has 0 bridgehead atoms. The van der Waals surface area contributed by atoms with Crippen LogP contribution in [0.25, 0.3) is 0 Å². The summed E-state index contributed by atoms with van der Waals surface area (Å²) < 4.78 is 0. The van der Waals surface area contributed by atoms with Gasteiger partial charge in [0.05, 0.1) is 5.41 Å². The summed E-state index contributed by atoms with van der Waals surface area (Å²) in [7, 11) is 0. The number of rotatable bonds is 4. The molecule has 0 aliphatic carbocycles. The third kappa shape index (κ3) is 5.39. The summed E-state index contributed by atoms with van der Waals surface area (Å²) >= 11 is 0. The van der Waals surface area contributed by atoms with Gasteiger partial charge in [-0.2, -0.15) is 0 Å². The maximum Gasteiger partial charge on any atom is 0.226 e. The van der Waals surface area contributed by atoms with E-state index in [4.69, 9.17) is 0 Å². The van der Waals surface area contributed by atoms with Gasteiger partial charge >= 0.3 is 0 Å². The van der Waals surface area contributed by atoms with E-state index in [0.29, 0.717) is 17.4 Å². The molecule has 1 atom stereocenters. The Labute approximate surface area is 185 Å². The summed E-state index contributed by atoms with van der Waals surface area (Å²) in [5.74, 6) is 0.306. The van der Waals surface area contributed by atoms with Gasteiger partial charge in [-0.05, 0) is 104 Å². The zero-order valence-corrected chi connectivity index (χ0v) is 20.4. The molecule has 0 saturated carbocycles. The third-order valence-corrected chi connectivity index (χ3v) is 8.74. The fraction of sp³-hybridized carbons (Fsp3) is 0.960. The Morgan fingerprint density at radius 3 is 2.00 bits per heavy atom. The largest absolute Gasteiger partial charge is 0.356 e. The molecular formula is C25H48N4O.